The minimum absolute atomic E-state index is 0.0136. The second-order valence-electron chi connectivity index (χ2n) is 9.15. The lowest BCUT2D eigenvalue weighted by Crippen LogP contribution is -2.21. The molecule has 0 atom stereocenters. The molecule has 2 heterocycles. The third kappa shape index (κ3) is 3.34. The molecule has 3 heteroatoms. The maximum absolute atomic E-state index is 4.48. The van der Waals surface area contributed by atoms with Crippen LogP contribution in [0.4, 0.5) is 0 Å². The largest absolute Gasteiger partial charge is 0.361 e. The number of aromatic nitrogens is 3. The van der Waals surface area contributed by atoms with Gasteiger partial charge in [0.05, 0.1) is 11.0 Å². The maximum atomic E-state index is 4.48. The van der Waals surface area contributed by atoms with Crippen molar-refractivity contribution in [2.45, 2.75) is 51.9 Å². The minimum Gasteiger partial charge on any atom is -0.361 e. The van der Waals surface area contributed by atoms with Gasteiger partial charge in [-0.15, -0.1) is 0 Å². The number of aromatic amines is 1. The second kappa shape index (κ2) is 6.19. The van der Waals surface area contributed by atoms with E-state index in [0.717, 1.165) is 17.5 Å². The molecular weight excluding hydrogens is 330 g/mol. The monoisotopic (exact) mass is 357 g/mol. The van der Waals surface area contributed by atoms with Crippen LogP contribution >= 0.6 is 0 Å². The summed E-state index contributed by atoms with van der Waals surface area (Å²) in [4.78, 5) is 12.3. The highest BCUT2D eigenvalue weighted by Gasteiger charge is 2.25. The van der Waals surface area contributed by atoms with Crippen LogP contribution in [0, 0.1) is 0 Å². The van der Waals surface area contributed by atoms with Crippen LogP contribution in [0.1, 0.15) is 51.3 Å². The van der Waals surface area contributed by atoms with Crippen LogP contribution in [0.2, 0.25) is 0 Å². The number of H-pyrrole nitrogens is 1. The first-order valence-corrected chi connectivity index (χ1v) is 9.56. The summed E-state index contributed by atoms with van der Waals surface area (Å²) >= 11 is 0. The van der Waals surface area contributed by atoms with Crippen molar-refractivity contribution in [3.05, 3.63) is 71.7 Å². The molecule has 0 spiro atoms. The third-order valence-corrected chi connectivity index (χ3v) is 5.49. The summed E-state index contributed by atoms with van der Waals surface area (Å²) in [5.74, 6) is 0. The maximum Gasteiger partial charge on any atom is 0.0889 e. The van der Waals surface area contributed by atoms with Crippen LogP contribution in [0.3, 0.4) is 0 Å². The summed E-state index contributed by atoms with van der Waals surface area (Å²) in [7, 11) is 0. The highest BCUT2D eigenvalue weighted by Crippen LogP contribution is 2.34. The Labute approximate surface area is 160 Å². The summed E-state index contributed by atoms with van der Waals surface area (Å²) in [6.45, 7) is 11.4. The number of nitrogens with zero attached hydrogens (tertiary/aromatic N) is 2. The molecule has 0 unspecified atom stereocenters. The molecule has 0 amide bonds. The van der Waals surface area contributed by atoms with Gasteiger partial charge in [0.2, 0.25) is 0 Å². The predicted molar refractivity (Wildman–Crippen MR) is 113 cm³/mol. The van der Waals surface area contributed by atoms with Crippen molar-refractivity contribution >= 4 is 21.9 Å². The summed E-state index contributed by atoms with van der Waals surface area (Å²) < 4.78 is 0. The predicted octanol–water partition coefficient (Wildman–Crippen LogP) is 5.93. The molecule has 0 aliphatic carbocycles. The Morgan fingerprint density at radius 3 is 2.30 bits per heavy atom. The van der Waals surface area contributed by atoms with Crippen molar-refractivity contribution in [1.82, 2.24) is 15.0 Å². The molecular formula is C24H27N3. The molecule has 3 nitrogen and oxygen atoms in total. The van der Waals surface area contributed by atoms with Crippen LogP contribution in [0.15, 0.2) is 55.0 Å². The van der Waals surface area contributed by atoms with Gasteiger partial charge in [-0.25, -0.2) is 0 Å². The van der Waals surface area contributed by atoms with E-state index in [4.69, 9.17) is 0 Å². The molecule has 1 N–H and O–H groups in total. The van der Waals surface area contributed by atoms with E-state index in [1.807, 2.05) is 6.20 Å². The number of nitrogens with one attached hydrogen (secondary N) is 1. The summed E-state index contributed by atoms with van der Waals surface area (Å²) in [5.41, 5.74) is 7.29. The topological polar surface area (TPSA) is 41.6 Å². The Hall–Kier alpha value is -2.68. The van der Waals surface area contributed by atoms with E-state index in [1.54, 1.807) is 12.4 Å². The molecule has 0 saturated heterocycles. The summed E-state index contributed by atoms with van der Waals surface area (Å²) in [5, 5.41) is 1.29. The fraction of sp³-hybridized carbons (Fsp3) is 0.333. The van der Waals surface area contributed by atoms with Gasteiger partial charge in [0.15, 0.2) is 0 Å². The van der Waals surface area contributed by atoms with Gasteiger partial charge in [0.25, 0.3) is 0 Å². The number of benzene rings is 2. The molecule has 138 valence electrons. The molecule has 0 aliphatic rings. The Morgan fingerprint density at radius 2 is 1.56 bits per heavy atom. The second-order valence-corrected chi connectivity index (χ2v) is 9.15. The highest BCUT2D eigenvalue weighted by molar-refractivity contribution is 5.84. The van der Waals surface area contributed by atoms with Crippen LogP contribution in [-0.2, 0) is 17.3 Å². The van der Waals surface area contributed by atoms with Gasteiger partial charge in [-0.1, -0.05) is 46.8 Å². The van der Waals surface area contributed by atoms with Gasteiger partial charge in [-0.3, -0.25) is 9.97 Å². The van der Waals surface area contributed by atoms with E-state index in [9.17, 15) is 0 Å². The highest BCUT2D eigenvalue weighted by atomic mass is 14.8. The van der Waals surface area contributed by atoms with Crippen molar-refractivity contribution in [2.75, 3.05) is 0 Å². The van der Waals surface area contributed by atoms with Crippen molar-refractivity contribution in [2.24, 2.45) is 0 Å². The molecule has 0 aliphatic heterocycles. The smallest absolute Gasteiger partial charge is 0.0889 e. The quantitative estimate of drug-likeness (QED) is 0.494. The molecule has 0 fully saturated rings. The van der Waals surface area contributed by atoms with Crippen molar-refractivity contribution in [1.29, 1.82) is 0 Å². The van der Waals surface area contributed by atoms with Gasteiger partial charge in [0, 0.05) is 24.1 Å². The van der Waals surface area contributed by atoms with E-state index in [0.29, 0.717) is 0 Å². The first-order chi connectivity index (χ1) is 12.7. The lowest BCUT2D eigenvalue weighted by Gasteiger charge is -2.27. The number of fused-ring (bicyclic) bond motifs is 2. The zero-order valence-corrected chi connectivity index (χ0v) is 16.8. The SMILES string of the molecule is CC(C)(C)c1cc(CC(C)(C)c2ccc3nccnc3c2)c2[nH]ccc2c1. The van der Waals surface area contributed by atoms with E-state index in [2.05, 4.69) is 86.0 Å². The first-order valence-electron chi connectivity index (χ1n) is 9.56. The van der Waals surface area contributed by atoms with E-state index in [-0.39, 0.29) is 10.8 Å². The average Bonchev–Trinajstić information content (AvgIpc) is 3.09. The first kappa shape index (κ1) is 17.7. The molecule has 0 radical (unpaired) electrons. The van der Waals surface area contributed by atoms with Crippen molar-refractivity contribution in [3.63, 3.8) is 0 Å². The van der Waals surface area contributed by atoms with Crippen molar-refractivity contribution in [3.8, 4) is 0 Å². The van der Waals surface area contributed by atoms with Crippen molar-refractivity contribution < 1.29 is 0 Å². The Balaban J connectivity index is 1.78. The van der Waals surface area contributed by atoms with Gasteiger partial charge in [-0.2, -0.15) is 0 Å². The fourth-order valence-corrected chi connectivity index (χ4v) is 3.78. The van der Waals surface area contributed by atoms with E-state index >= 15 is 0 Å². The fourth-order valence-electron chi connectivity index (χ4n) is 3.78. The van der Waals surface area contributed by atoms with E-state index < -0.39 is 0 Å². The number of hydrogen-bond acceptors (Lipinski definition) is 2. The Bertz CT molecular complexity index is 1110. The standard InChI is InChI=1S/C24H27N3/c1-23(2,3)19-12-16-8-9-27-22(16)17(13-19)15-24(4,5)18-6-7-20-21(14-18)26-11-10-25-20/h6-14,27H,15H2,1-5H3. The molecule has 27 heavy (non-hydrogen) atoms. The summed E-state index contributed by atoms with van der Waals surface area (Å²) in [6, 6.07) is 13.3. The van der Waals surface area contributed by atoms with Crippen LogP contribution in [-0.4, -0.2) is 15.0 Å². The Morgan fingerprint density at radius 1 is 0.815 bits per heavy atom. The van der Waals surface area contributed by atoms with Gasteiger partial charge < -0.3 is 4.98 Å². The lowest BCUT2D eigenvalue weighted by molar-refractivity contribution is 0.522. The van der Waals surface area contributed by atoms with E-state index in [1.165, 1.54) is 27.6 Å². The molecule has 0 bridgehead atoms. The molecule has 2 aromatic heterocycles. The third-order valence-electron chi connectivity index (χ3n) is 5.49. The average molecular weight is 358 g/mol. The summed E-state index contributed by atoms with van der Waals surface area (Å²) in [6.07, 6.45) is 6.50. The van der Waals surface area contributed by atoms with Crippen LogP contribution < -0.4 is 0 Å². The molecule has 4 rings (SSSR count). The number of rotatable bonds is 3. The molecule has 0 saturated carbocycles. The van der Waals surface area contributed by atoms with Crippen LogP contribution in [0.5, 0.6) is 0 Å². The normalized spacial score (nSPS) is 12.8. The Kier molecular flexibility index (Phi) is 4.06. The van der Waals surface area contributed by atoms with Gasteiger partial charge >= 0.3 is 0 Å². The molecule has 2 aromatic carbocycles. The molecule has 4 aromatic rings. The zero-order valence-electron chi connectivity index (χ0n) is 16.8. The van der Waals surface area contributed by atoms with Gasteiger partial charge in [-0.05, 0) is 63.6 Å². The van der Waals surface area contributed by atoms with Gasteiger partial charge in [0.1, 0.15) is 0 Å². The lowest BCUT2D eigenvalue weighted by atomic mass is 9.77. The van der Waals surface area contributed by atoms with Crippen LogP contribution in [0.25, 0.3) is 21.9 Å². The minimum atomic E-state index is -0.0136. The zero-order chi connectivity index (χ0) is 19.2. The number of hydrogen-bond donors (Lipinski definition) is 1.